The van der Waals surface area contributed by atoms with E-state index in [1.165, 1.54) is 16.0 Å². The molecule has 0 aliphatic heterocycles. The summed E-state index contributed by atoms with van der Waals surface area (Å²) in [6.07, 6.45) is 0. The number of hydrogen-bond acceptors (Lipinski definition) is 5. The molecule has 2 aromatic rings. The quantitative estimate of drug-likeness (QED) is 0.818. The Labute approximate surface area is 89.9 Å². The molecule has 2 heterocycles. The summed E-state index contributed by atoms with van der Waals surface area (Å²) >= 11 is 1.49. The summed E-state index contributed by atoms with van der Waals surface area (Å²) in [6, 6.07) is 0. The van der Waals surface area contributed by atoms with Crippen LogP contribution in [-0.2, 0) is 7.05 Å². The van der Waals surface area contributed by atoms with Crippen LogP contribution in [0.25, 0.3) is 0 Å². The number of tetrazole rings is 1. The minimum absolute atomic E-state index is 0.188. The van der Waals surface area contributed by atoms with Crippen molar-refractivity contribution in [1.29, 1.82) is 0 Å². The number of carbonyl (C=O) groups excluding carboxylic acids is 1. The number of amides is 1. The Hall–Kier alpha value is -1.76. The number of anilines is 1. The van der Waals surface area contributed by atoms with E-state index in [-0.39, 0.29) is 5.91 Å². The molecule has 0 saturated heterocycles. The lowest BCUT2D eigenvalue weighted by atomic mass is 10.2. The zero-order valence-electron chi connectivity index (χ0n) is 8.26. The van der Waals surface area contributed by atoms with Crippen molar-refractivity contribution in [3.8, 4) is 0 Å². The molecule has 0 fully saturated rings. The third kappa shape index (κ3) is 1.86. The fourth-order valence-electron chi connectivity index (χ4n) is 1.10. The largest absolute Gasteiger partial charge is 0.289 e. The average Bonchev–Trinajstić information content (AvgIpc) is 2.76. The molecule has 0 saturated carbocycles. The van der Waals surface area contributed by atoms with Crippen molar-refractivity contribution in [2.75, 3.05) is 5.32 Å². The van der Waals surface area contributed by atoms with Gasteiger partial charge in [0, 0.05) is 12.4 Å². The van der Waals surface area contributed by atoms with E-state index < -0.39 is 0 Å². The van der Waals surface area contributed by atoms with Gasteiger partial charge in [-0.15, -0.1) is 0 Å². The van der Waals surface area contributed by atoms with Gasteiger partial charge in [-0.1, -0.05) is 5.10 Å². The van der Waals surface area contributed by atoms with E-state index in [1.807, 2.05) is 12.3 Å². The predicted molar refractivity (Wildman–Crippen MR) is 55.8 cm³/mol. The molecule has 0 atom stereocenters. The van der Waals surface area contributed by atoms with Crippen LogP contribution in [0.15, 0.2) is 10.8 Å². The number of hydrogen-bond donors (Lipinski definition) is 1. The molecule has 7 heteroatoms. The van der Waals surface area contributed by atoms with Crippen LogP contribution in [-0.4, -0.2) is 26.1 Å². The van der Waals surface area contributed by atoms with Crippen molar-refractivity contribution in [1.82, 2.24) is 20.2 Å². The molecular formula is C8H9N5OS. The number of carbonyl (C=O) groups is 1. The lowest BCUT2D eigenvalue weighted by molar-refractivity contribution is 0.102. The van der Waals surface area contributed by atoms with Gasteiger partial charge < -0.3 is 0 Å². The van der Waals surface area contributed by atoms with Crippen LogP contribution in [0.3, 0.4) is 0 Å². The maximum Gasteiger partial charge on any atom is 0.259 e. The number of rotatable bonds is 2. The Balaban J connectivity index is 2.18. The second-order valence-corrected chi connectivity index (χ2v) is 3.79. The summed E-state index contributed by atoms with van der Waals surface area (Å²) in [5.41, 5.74) is 1.61. The first-order valence-corrected chi connectivity index (χ1v) is 5.19. The van der Waals surface area contributed by atoms with Crippen molar-refractivity contribution in [3.63, 3.8) is 0 Å². The van der Waals surface area contributed by atoms with Crippen LogP contribution in [0.2, 0.25) is 0 Å². The van der Waals surface area contributed by atoms with Crippen LogP contribution in [0.1, 0.15) is 15.9 Å². The molecule has 0 spiro atoms. The second-order valence-electron chi connectivity index (χ2n) is 3.05. The number of nitrogens with one attached hydrogen (secondary N) is 1. The van der Waals surface area contributed by atoms with Gasteiger partial charge in [0.15, 0.2) is 0 Å². The summed E-state index contributed by atoms with van der Waals surface area (Å²) < 4.78 is 1.40. The number of nitrogens with zero attached hydrogens (tertiary/aromatic N) is 4. The highest BCUT2D eigenvalue weighted by atomic mass is 32.1. The Bertz CT molecular complexity index is 489. The summed E-state index contributed by atoms with van der Waals surface area (Å²) in [7, 11) is 1.66. The summed E-state index contributed by atoms with van der Waals surface area (Å²) in [4.78, 5) is 11.7. The van der Waals surface area contributed by atoms with E-state index >= 15 is 0 Å². The number of thiophene rings is 1. The molecule has 1 N–H and O–H groups in total. The Morgan fingerprint density at radius 1 is 1.53 bits per heavy atom. The molecular weight excluding hydrogens is 214 g/mol. The minimum atomic E-state index is -0.188. The van der Waals surface area contributed by atoms with E-state index in [4.69, 9.17) is 0 Å². The first-order valence-electron chi connectivity index (χ1n) is 4.25. The molecule has 0 radical (unpaired) electrons. The molecule has 0 aromatic carbocycles. The fourth-order valence-corrected chi connectivity index (χ4v) is 1.93. The van der Waals surface area contributed by atoms with E-state index in [1.54, 1.807) is 12.4 Å². The van der Waals surface area contributed by atoms with Crippen molar-refractivity contribution >= 4 is 23.2 Å². The topological polar surface area (TPSA) is 72.7 Å². The summed E-state index contributed by atoms with van der Waals surface area (Å²) in [5.74, 6) is 0.150. The van der Waals surface area contributed by atoms with E-state index in [0.29, 0.717) is 11.5 Å². The maximum atomic E-state index is 11.7. The van der Waals surface area contributed by atoms with Gasteiger partial charge in [0.1, 0.15) is 0 Å². The van der Waals surface area contributed by atoms with Gasteiger partial charge >= 0.3 is 0 Å². The number of aryl methyl sites for hydroxylation is 2. The van der Waals surface area contributed by atoms with Crippen LogP contribution >= 0.6 is 11.3 Å². The number of aromatic nitrogens is 4. The van der Waals surface area contributed by atoms with E-state index in [2.05, 4.69) is 20.8 Å². The Kier molecular flexibility index (Phi) is 2.46. The second kappa shape index (κ2) is 3.77. The SMILES string of the molecule is Cc1cscc1C(=O)Nc1nnnn1C. The van der Waals surface area contributed by atoms with Crippen molar-refractivity contribution in [2.45, 2.75) is 6.92 Å². The monoisotopic (exact) mass is 223 g/mol. The van der Waals surface area contributed by atoms with E-state index in [9.17, 15) is 4.79 Å². The first kappa shape index (κ1) is 9.78. The zero-order chi connectivity index (χ0) is 10.8. The smallest absolute Gasteiger partial charge is 0.259 e. The first-order chi connectivity index (χ1) is 7.18. The van der Waals surface area contributed by atoms with Crippen LogP contribution in [0, 0.1) is 6.92 Å². The van der Waals surface area contributed by atoms with Crippen molar-refractivity contribution in [2.24, 2.45) is 7.05 Å². The molecule has 15 heavy (non-hydrogen) atoms. The molecule has 0 unspecified atom stereocenters. The molecule has 78 valence electrons. The highest BCUT2D eigenvalue weighted by molar-refractivity contribution is 7.08. The lowest BCUT2D eigenvalue weighted by Gasteiger charge is -2.01. The molecule has 2 rings (SSSR count). The van der Waals surface area contributed by atoms with Crippen molar-refractivity contribution < 1.29 is 4.79 Å². The lowest BCUT2D eigenvalue weighted by Crippen LogP contribution is -2.15. The molecule has 0 bridgehead atoms. The van der Waals surface area contributed by atoms with Crippen LogP contribution in [0.4, 0.5) is 5.95 Å². The molecule has 6 nitrogen and oxygen atoms in total. The Morgan fingerprint density at radius 2 is 2.33 bits per heavy atom. The minimum Gasteiger partial charge on any atom is -0.289 e. The Morgan fingerprint density at radius 3 is 2.87 bits per heavy atom. The highest BCUT2D eigenvalue weighted by Crippen LogP contribution is 2.14. The molecule has 0 aliphatic carbocycles. The van der Waals surface area contributed by atoms with Gasteiger partial charge in [0.25, 0.3) is 5.91 Å². The summed E-state index contributed by atoms with van der Waals surface area (Å²) in [5, 5.41) is 17.1. The van der Waals surface area contributed by atoms with E-state index in [0.717, 1.165) is 5.56 Å². The van der Waals surface area contributed by atoms with Gasteiger partial charge in [-0.3, -0.25) is 10.1 Å². The van der Waals surface area contributed by atoms with Gasteiger partial charge in [-0.05, 0) is 28.3 Å². The average molecular weight is 223 g/mol. The zero-order valence-corrected chi connectivity index (χ0v) is 9.08. The van der Waals surface area contributed by atoms with Gasteiger partial charge in [0.05, 0.1) is 5.56 Å². The van der Waals surface area contributed by atoms with Gasteiger partial charge in [0.2, 0.25) is 5.95 Å². The van der Waals surface area contributed by atoms with Gasteiger partial charge in [-0.2, -0.15) is 11.3 Å². The maximum absolute atomic E-state index is 11.7. The van der Waals surface area contributed by atoms with Gasteiger partial charge in [-0.25, -0.2) is 4.68 Å². The third-order valence-electron chi connectivity index (χ3n) is 1.95. The molecule has 0 aliphatic rings. The normalized spacial score (nSPS) is 10.3. The fraction of sp³-hybridized carbons (Fsp3) is 0.250. The third-order valence-corrected chi connectivity index (χ3v) is 2.81. The standard InChI is InChI=1S/C8H9N5OS/c1-5-3-15-4-6(5)7(14)9-8-10-11-12-13(8)2/h3-4H,1-2H3,(H,9,10,12,14). The summed E-state index contributed by atoms with van der Waals surface area (Å²) in [6.45, 7) is 1.89. The van der Waals surface area contributed by atoms with Crippen molar-refractivity contribution in [3.05, 3.63) is 21.9 Å². The predicted octanol–water partition coefficient (Wildman–Crippen LogP) is 0.832. The van der Waals surface area contributed by atoms with Crippen LogP contribution < -0.4 is 5.32 Å². The molecule has 2 aromatic heterocycles. The molecule has 1 amide bonds. The highest BCUT2D eigenvalue weighted by Gasteiger charge is 2.12. The van der Waals surface area contributed by atoms with Crippen LogP contribution in [0.5, 0.6) is 0 Å².